The molecule has 4 rings (SSSR count). The van der Waals surface area contributed by atoms with Gasteiger partial charge in [0, 0.05) is 28.8 Å². The van der Waals surface area contributed by atoms with Gasteiger partial charge in [-0.05, 0) is 55.3 Å². The van der Waals surface area contributed by atoms with Gasteiger partial charge in [0.05, 0.1) is 5.75 Å². The largest absolute Gasteiger partial charge is 0.325 e. The molecule has 1 N–H and O–H groups in total. The smallest absolute Gasteiger partial charge is 0.300 e. The van der Waals surface area contributed by atoms with Gasteiger partial charge in [-0.25, -0.2) is 0 Å². The lowest BCUT2D eigenvalue weighted by molar-refractivity contribution is -0.113. The number of hydrogen-bond acceptors (Lipinski definition) is 5. The number of anilines is 1. The minimum atomic E-state index is -0.275. The minimum absolute atomic E-state index is 0.119. The van der Waals surface area contributed by atoms with E-state index in [1.54, 1.807) is 41.1 Å². The molecule has 2 aromatic heterocycles. The van der Waals surface area contributed by atoms with Crippen LogP contribution >= 0.6 is 23.4 Å². The molecule has 152 valence electrons. The molecule has 0 aliphatic rings. The van der Waals surface area contributed by atoms with Crippen LogP contribution in [0.1, 0.15) is 11.1 Å². The van der Waals surface area contributed by atoms with Crippen molar-refractivity contribution < 1.29 is 4.79 Å². The van der Waals surface area contributed by atoms with Gasteiger partial charge in [0.1, 0.15) is 0 Å². The van der Waals surface area contributed by atoms with Gasteiger partial charge in [0.25, 0.3) is 0 Å². The van der Waals surface area contributed by atoms with E-state index in [-0.39, 0.29) is 22.9 Å². The molecule has 0 bridgehead atoms. The van der Waals surface area contributed by atoms with E-state index in [4.69, 9.17) is 11.6 Å². The van der Waals surface area contributed by atoms with Crippen molar-refractivity contribution in [1.29, 1.82) is 0 Å². The van der Waals surface area contributed by atoms with E-state index in [0.717, 1.165) is 16.8 Å². The lowest BCUT2D eigenvalue weighted by Crippen LogP contribution is -2.20. The van der Waals surface area contributed by atoms with Crippen LogP contribution in [-0.2, 0) is 4.79 Å². The number of rotatable bonds is 5. The number of halogens is 1. The summed E-state index contributed by atoms with van der Waals surface area (Å²) in [5, 5.41) is 11.9. The first kappa shape index (κ1) is 20.2. The van der Waals surface area contributed by atoms with E-state index in [1.165, 1.54) is 16.3 Å². The summed E-state index contributed by atoms with van der Waals surface area (Å²) in [7, 11) is 0. The Hall–Kier alpha value is -3.10. The van der Waals surface area contributed by atoms with E-state index in [2.05, 4.69) is 15.5 Å². The molecule has 0 atom stereocenters. The second kappa shape index (κ2) is 8.33. The van der Waals surface area contributed by atoms with Gasteiger partial charge >= 0.3 is 5.56 Å². The number of hydrogen-bond donors (Lipinski definition) is 1. The van der Waals surface area contributed by atoms with Gasteiger partial charge in [0.15, 0.2) is 5.16 Å². The molecule has 0 unspecified atom stereocenters. The molecule has 30 heavy (non-hydrogen) atoms. The molecule has 2 heterocycles. The van der Waals surface area contributed by atoms with Crippen LogP contribution in [0, 0.1) is 13.8 Å². The highest BCUT2D eigenvalue weighted by Gasteiger charge is 2.14. The van der Waals surface area contributed by atoms with Crippen LogP contribution in [0.4, 0.5) is 5.69 Å². The lowest BCUT2D eigenvalue weighted by atomic mass is 10.1. The molecule has 0 saturated carbocycles. The maximum absolute atomic E-state index is 12.9. The second-order valence-corrected chi connectivity index (χ2v) is 8.14. The predicted octanol–water partition coefficient (Wildman–Crippen LogP) is 3.88. The number of fused-ring (bicyclic) bond motifs is 1. The Morgan fingerprint density at radius 3 is 2.70 bits per heavy atom. The van der Waals surface area contributed by atoms with E-state index in [0.29, 0.717) is 15.9 Å². The Morgan fingerprint density at radius 2 is 1.93 bits per heavy atom. The summed E-state index contributed by atoms with van der Waals surface area (Å²) >= 11 is 7.13. The van der Waals surface area contributed by atoms with Gasteiger partial charge < -0.3 is 5.32 Å². The highest BCUT2D eigenvalue weighted by atomic mass is 35.5. The van der Waals surface area contributed by atoms with Gasteiger partial charge in [-0.3, -0.25) is 18.6 Å². The third-order valence-electron chi connectivity index (χ3n) is 4.65. The Kier molecular flexibility index (Phi) is 5.61. The first-order chi connectivity index (χ1) is 14.4. The standard InChI is InChI=1S/C21H18ClN5O2S/c1-13-6-7-17(10-14(13)2)26-8-9-27-19(20(26)29)24-25-21(27)30-12-18(28)23-16-5-3-4-15(22)11-16/h3-11H,12H2,1-2H3,(H,23,28). The lowest BCUT2D eigenvalue weighted by Gasteiger charge is -2.09. The third-order valence-corrected chi connectivity index (χ3v) is 5.83. The molecule has 4 aromatic rings. The van der Waals surface area contributed by atoms with Crippen LogP contribution in [-0.4, -0.2) is 30.8 Å². The Balaban J connectivity index is 1.53. The summed E-state index contributed by atoms with van der Waals surface area (Å²) in [5.41, 5.74) is 3.57. The first-order valence-electron chi connectivity index (χ1n) is 9.14. The topological polar surface area (TPSA) is 81.3 Å². The van der Waals surface area contributed by atoms with Crippen LogP contribution in [0.3, 0.4) is 0 Å². The van der Waals surface area contributed by atoms with Crippen molar-refractivity contribution in [1.82, 2.24) is 19.2 Å². The molecule has 7 nitrogen and oxygen atoms in total. The molecule has 2 aromatic carbocycles. The molecule has 0 spiro atoms. The summed E-state index contributed by atoms with van der Waals surface area (Å²) in [5.74, 6) is -0.0874. The number of benzene rings is 2. The normalized spacial score (nSPS) is 11.0. The zero-order chi connectivity index (χ0) is 21.3. The average Bonchev–Trinajstić information content (AvgIpc) is 3.13. The van der Waals surface area contributed by atoms with Crippen molar-refractivity contribution in [3.63, 3.8) is 0 Å². The molecular weight excluding hydrogens is 422 g/mol. The van der Waals surface area contributed by atoms with Gasteiger partial charge in [-0.1, -0.05) is 35.5 Å². The fraction of sp³-hybridized carbons (Fsp3) is 0.143. The second-order valence-electron chi connectivity index (χ2n) is 6.77. The monoisotopic (exact) mass is 439 g/mol. The van der Waals surface area contributed by atoms with Gasteiger partial charge in [0.2, 0.25) is 11.6 Å². The highest BCUT2D eigenvalue weighted by Crippen LogP contribution is 2.19. The van der Waals surface area contributed by atoms with E-state index in [9.17, 15) is 9.59 Å². The fourth-order valence-corrected chi connectivity index (χ4v) is 3.84. The number of amides is 1. The Morgan fingerprint density at radius 1 is 1.10 bits per heavy atom. The molecule has 0 aliphatic carbocycles. The number of carbonyl (C=O) groups is 1. The maximum Gasteiger partial charge on any atom is 0.300 e. The average molecular weight is 440 g/mol. The highest BCUT2D eigenvalue weighted by molar-refractivity contribution is 7.99. The van der Waals surface area contributed by atoms with Crippen LogP contribution < -0.4 is 10.9 Å². The number of aromatic nitrogens is 4. The quantitative estimate of drug-likeness (QED) is 0.477. The van der Waals surface area contributed by atoms with E-state index in [1.807, 2.05) is 32.0 Å². The van der Waals surface area contributed by atoms with Crippen LogP contribution in [0.5, 0.6) is 0 Å². The summed E-state index contributed by atoms with van der Waals surface area (Å²) < 4.78 is 3.13. The van der Waals surface area contributed by atoms with Crippen LogP contribution in [0.15, 0.2) is 64.8 Å². The summed E-state index contributed by atoms with van der Waals surface area (Å²) in [6.45, 7) is 4.03. The van der Waals surface area contributed by atoms with Crippen molar-refractivity contribution in [2.24, 2.45) is 0 Å². The molecular formula is C21H18ClN5O2S. The number of thioether (sulfide) groups is 1. The maximum atomic E-state index is 12.9. The number of carbonyl (C=O) groups excluding carboxylic acids is 1. The van der Waals surface area contributed by atoms with Crippen molar-refractivity contribution >= 4 is 40.6 Å². The van der Waals surface area contributed by atoms with E-state index >= 15 is 0 Å². The molecule has 1 amide bonds. The summed E-state index contributed by atoms with van der Waals surface area (Å²) in [4.78, 5) is 25.1. The third kappa shape index (κ3) is 4.10. The van der Waals surface area contributed by atoms with Crippen LogP contribution in [0.25, 0.3) is 11.3 Å². The number of nitrogens with one attached hydrogen (secondary N) is 1. The van der Waals surface area contributed by atoms with E-state index < -0.39 is 0 Å². The molecule has 0 saturated heterocycles. The minimum Gasteiger partial charge on any atom is -0.325 e. The van der Waals surface area contributed by atoms with Crippen molar-refractivity contribution in [2.45, 2.75) is 19.0 Å². The SMILES string of the molecule is Cc1ccc(-n2ccn3c(SCC(=O)Nc4cccc(Cl)c4)nnc3c2=O)cc1C. The molecule has 9 heteroatoms. The van der Waals surface area contributed by atoms with Gasteiger partial charge in [-0.15, -0.1) is 10.2 Å². The van der Waals surface area contributed by atoms with Crippen molar-refractivity contribution in [3.8, 4) is 5.69 Å². The first-order valence-corrected chi connectivity index (χ1v) is 10.5. The molecule has 0 fully saturated rings. The van der Waals surface area contributed by atoms with Crippen LogP contribution in [0.2, 0.25) is 5.02 Å². The number of aryl methyl sites for hydroxylation is 2. The Bertz CT molecular complexity index is 1310. The Labute approximate surface area is 181 Å². The molecule has 0 aliphatic heterocycles. The summed E-state index contributed by atoms with van der Waals surface area (Å²) in [6.07, 6.45) is 3.40. The number of nitrogens with zero attached hydrogens (tertiary/aromatic N) is 4. The zero-order valence-electron chi connectivity index (χ0n) is 16.3. The van der Waals surface area contributed by atoms with Crippen molar-refractivity contribution in [3.05, 3.63) is 81.4 Å². The fourth-order valence-electron chi connectivity index (χ4n) is 2.94. The van der Waals surface area contributed by atoms with Gasteiger partial charge in [-0.2, -0.15) is 0 Å². The zero-order valence-corrected chi connectivity index (χ0v) is 17.9. The molecule has 0 radical (unpaired) electrons. The predicted molar refractivity (Wildman–Crippen MR) is 119 cm³/mol. The summed E-state index contributed by atoms with van der Waals surface area (Å²) in [6, 6.07) is 12.8. The van der Waals surface area contributed by atoms with Crippen molar-refractivity contribution in [2.75, 3.05) is 11.1 Å².